The fourth-order valence-electron chi connectivity index (χ4n) is 1.32. The molecule has 52 valence electrons. The zero-order valence-corrected chi connectivity index (χ0v) is 6.47. The summed E-state index contributed by atoms with van der Waals surface area (Å²) in [6.07, 6.45) is 4.23. The second-order valence-electron chi connectivity index (χ2n) is 3.11. The Morgan fingerprint density at radius 3 is 3.00 bits per heavy atom. The average molecular weight is 143 g/mol. The molecule has 0 bridgehead atoms. The van der Waals surface area contributed by atoms with Crippen molar-refractivity contribution in [3.63, 3.8) is 0 Å². The van der Waals surface area contributed by atoms with Crippen LogP contribution in [0.2, 0.25) is 0 Å². The van der Waals surface area contributed by atoms with Crippen molar-refractivity contribution < 1.29 is 0 Å². The maximum atomic E-state index is 3.61. The topological polar surface area (TPSA) is 12.0 Å². The van der Waals surface area contributed by atoms with Crippen LogP contribution in [0, 0.1) is 0 Å². The Labute approximate surface area is 60.6 Å². The Balaban J connectivity index is 1.92. The van der Waals surface area contributed by atoms with E-state index in [2.05, 4.69) is 17.1 Å². The Kier molecular flexibility index (Phi) is 1.46. The largest absolute Gasteiger partial charge is 0.310 e. The van der Waals surface area contributed by atoms with Crippen LogP contribution in [0.5, 0.6) is 0 Å². The van der Waals surface area contributed by atoms with Crippen LogP contribution in [0.15, 0.2) is 0 Å². The molecule has 0 aromatic carbocycles. The highest BCUT2D eigenvalue weighted by atomic mass is 32.2. The molecule has 1 saturated heterocycles. The van der Waals surface area contributed by atoms with E-state index in [4.69, 9.17) is 0 Å². The molecule has 1 aliphatic heterocycles. The molecule has 0 atom stereocenters. The van der Waals surface area contributed by atoms with Gasteiger partial charge in [-0.2, -0.15) is 11.8 Å². The van der Waals surface area contributed by atoms with E-state index < -0.39 is 0 Å². The maximum absolute atomic E-state index is 3.61. The first kappa shape index (κ1) is 6.05. The first-order chi connectivity index (χ1) is 4.41. The van der Waals surface area contributed by atoms with Crippen LogP contribution in [0.4, 0.5) is 0 Å². The van der Waals surface area contributed by atoms with Gasteiger partial charge in [-0.3, -0.25) is 0 Å². The molecular weight excluding hydrogens is 130 g/mol. The third-order valence-electron chi connectivity index (χ3n) is 2.20. The van der Waals surface area contributed by atoms with E-state index in [-0.39, 0.29) is 0 Å². The average Bonchev–Trinajstić information content (AvgIpc) is 2.64. The van der Waals surface area contributed by atoms with Gasteiger partial charge in [0.1, 0.15) is 0 Å². The molecular formula is C7H13NS. The smallest absolute Gasteiger partial charge is 0.0273 e. The van der Waals surface area contributed by atoms with Crippen LogP contribution >= 0.6 is 11.8 Å². The van der Waals surface area contributed by atoms with Gasteiger partial charge < -0.3 is 5.32 Å². The molecule has 1 spiro atoms. The molecule has 2 aliphatic rings. The highest BCUT2D eigenvalue weighted by Crippen LogP contribution is 2.39. The quantitative estimate of drug-likeness (QED) is 0.547. The van der Waals surface area contributed by atoms with Crippen LogP contribution in [-0.2, 0) is 0 Å². The zero-order valence-electron chi connectivity index (χ0n) is 5.65. The summed E-state index contributed by atoms with van der Waals surface area (Å²) in [4.78, 5) is 0. The van der Waals surface area contributed by atoms with Crippen molar-refractivity contribution in [3.05, 3.63) is 0 Å². The molecule has 0 aromatic rings. The Morgan fingerprint density at radius 2 is 2.22 bits per heavy atom. The highest BCUT2D eigenvalue weighted by molar-refractivity contribution is 7.99. The van der Waals surface area contributed by atoms with Gasteiger partial charge >= 0.3 is 0 Å². The van der Waals surface area contributed by atoms with Crippen molar-refractivity contribution >= 4 is 11.8 Å². The molecule has 2 rings (SSSR count). The summed E-state index contributed by atoms with van der Waals surface area (Å²) in [5.41, 5.74) is 0.626. The number of rotatable bonds is 0. The van der Waals surface area contributed by atoms with Crippen molar-refractivity contribution in [2.24, 2.45) is 0 Å². The third-order valence-corrected chi connectivity index (χ3v) is 3.53. The number of nitrogens with one attached hydrogen (secondary N) is 1. The Bertz CT molecular complexity index is 99.5. The molecule has 2 fully saturated rings. The fourth-order valence-corrected chi connectivity index (χ4v) is 2.59. The van der Waals surface area contributed by atoms with Gasteiger partial charge in [-0.15, -0.1) is 0 Å². The molecule has 9 heavy (non-hydrogen) atoms. The molecule has 0 unspecified atom stereocenters. The van der Waals surface area contributed by atoms with E-state index in [0.29, 0.717) is 5.54 Å². The minimum Gasteiger partial charge on any atom is -0.310 e. The van der Waals surface area contributed by atoms with Crippen LogP contribution in [0.1, 0.15) is 19.3 Å². The Morgan fingerprint density at radius 1 is 1.33 bits per heavy atom. The summed E-state index contributed by atoms with van der Waals surface area (Å²) in [7, 11) is 0. The van der Waals surface area contributed by atoms with Crippen molar-refractivity contribution in [3.8, 4) is 0 Å². The monoisotopic (exact) mass is 143 g/mol. The minimum absolute atomic E-state index is 0.626. The summed E-state index contributed by atoms with van der Waals surface area (Å²) in [6.45, 7) is 1.26. The van der Waals surface area contributed by atoms with Gasteiger partial charge in [0.05, 0.1) is 0 Å². The summed E-state index contributed by atoms with van der Waals surface area (Å²) in [6, 6.07) is 0. The molecule has 1 N–H and O–H groups in total. The lowest BCUT2D eigenvalue weighted by Gasteiger charge is -2.10. The Hall–Kier alpha value is 0.310. The number of hydrogen-bond donors (Lipinski definition) is 1. The van der Waals surface area contributed by atoms with Crippen molar-refractivity contribution in [1.29, 1.82) is 0 Å². The molecule has 1 nitrogen and oxygen atoms in total. The van der Waals surface area contributed by atoms with E-state index in [0.717, 1.165) is 0 Å². The predicted octanol–water partition coefficient (Wildman–Crippen LogP) is 1.25. The van der Waals surface area contributed by atoms with Crippen LogP contribution in [0.25, 0.3) is 0 Å². The summed E-state index contributed by atoms with van der Waals surface area (Å²) in [5.74, 6) is 2.74. The summed E-state index contributed by atoms with van der Waals surface area (Å²) in [5, 5.41) is 3.61. The lowest BCUT2D eigenvalue weighted by molar-refractivity contribution is 0.554. The second kappa shape index (κ2) is 2.17. The summed E-state index contributed by atoms with van der Waals surface area (Å²) >= 11 is 2.12. The molecule has 1 aliphatic carbocycles. The van der Waals surface area contributed by atoms with Gasteiger partial charge in [-0.05, 0) is 31.6 Å². The van der Waals surface area contributed by atoms with Gasteiger partial charge in [-0.25, -0.2) is 0 Å². The lowest BCUT2D eigenvalue weighted by Crippen LogP contribution is -2.32. The normalized spacial score (nSPS) is 32.0. The molecule has 0 aromatic heterocycles. The van der Waals surface area contributed by atoms with Crippen LogP contribution in [-0.4, -0.2) is 23.6 Å². The van der Waals surface area contributed by atoms with E-state index in [1.54, 1.807) is 0 Å². The second-order valence-corrected chi connectivity index (χ2v) is 4.22. The van der Waals surface area contributed by atoms with Crippen molar-refractivity contribution in [2.45, 2.75) is 24.8 Å². The minimum atomic E-state index is 0.626. The molecule has 0 amide bonds. The SMILES string of the molecule is C1CNC2(CC2)CSC1. The van der Waals surface area contributed by atoms with Crippen molar-refractivity contribution in [1.82, 2.24) is 5.32 Å². The van der Waals surface area contributed by atoms with Gasteiger partial charge in [0, 0.05) is 11.3 Å². The molecule has 1 saturated carbocycles. The van der Waals surface area contributed by atoms with E-state index in [9.17, 15) is 0 Å². The van der Waals surface area contributed by atoms with Crippen LogP contribution in [0.3, 0.4) is 0 Å². The maximum Gasteiger partial charge on any atom is 0.0273 e. The zero-order chi connectivity index (χ0) is 6.16. The number of thioether (sulfide) groups is 1. The van der Waals surface area contributed by atoms with Gasteiger partial charge in [0.2, 0.25) is 0 Å². The van der Waals surface area contributed by atoms with Gasteiger partial charge in [0.25, 0.3) is 0 Å². The fraction of sp³-hybridized carbons (Fsp3) is 1.00. The predicted molar refractivity (Wildman–Crippen MR) is 41.9 cm³/mol. The van der Waals surface area contributed by atoms with E-state index >= 15 is 0 Å². The third kappa shape index (κ3) is 1.24. The van der Waals surface area contributed by atoms with Gasteiger partial charge in [-0.1, -0.05) is 0 Å². The van der Waals surface area contributed by atoms with E-state index in [1.165, 1.54) is 37.3 Å². The lowest BCUT2D eigenvalue weighted by atomic mass is 10.3. The van der Waals surface area contributed by atoms with Crippen LogP contribution < -0.4 is 5.32 Å². The molecule has 2 heteroatoms. The first-order valence-corrected chi connectivity index (χ1v) is 4.90. The van der Waals surface area contributed by atoms with Crippen molar-refractivity contribution in [2.75, 3.05) is 18.1 Å². The molecule has 0 radical (unpaired) electrons. The van der Waals surface area contributed by atoms with Gasteiger partial charge in [0.15, 0.2) is 0 Å². The standard InChI is InChI=1S/C7H13NS/c1-4-8-7(2-3-7)6-9-5-1/h8H,1-6H2. The van der Waals surface area contributed by atoms with E-state index in [1.807, 2.05) is 0 Å². The molecule has 1 heterocycles. The summed E-state index contributed by atoms with van der Waals surface area (Å²) < 4.78 is 0. The first-order valence-electron chi connectivity index (χ1n) is 3.74. The highest BCUT2D eigenvalue weighted by Gasteiger charge is 2.42. The number of hydrogen-bond acceptors (Lipinski definition) is 2.